The molecule has 2 aliphatic carbocycles. The molecule has 0 spiro atoms. The quantitative estimate of drug-likeness (QED) is 0.362. The molecule has 2 aliphatic heterocycles. The summed E-state index contributed by atoms with van der Waals surface area (Å²) in [6.45, 7) is 2.19. The van der Waals surface area contributed by atoms with Crippen LogP contribution in [0.2, 0.25) is 0 Å². The van der Waals surface area contributed by atoms with Crippen LogP contribution in [0.4, 0.5) is 11.6 Å². The van der Waals surface area contributed by atoms with Crippen molar-refractivity contribution < 1.29 is 71.2 Å². The van der Waals surface area contributed by atoms with Gasteiger partial charge in [-0.2, -0.15) is 0 Å². The van der Waals surface area contributed by atoms with Crippen molar-refractivity contribution in [1.29, 1.82) is 0 Å². The van der Waals surface area contributed by atoms with Gasteiger partial charge in [-0.3, -0.25) is 0 Å². The van der Waals surface area contributed by atoms with E-state index in [-0.39, 0.29) is 71.2 Å². The zero-order valence-electron chi connectivity index (χ0n) is 19.4. The van der Waals surface area contributed by atoms with Gasteiger partial charge in [0.1, 0.15) is 7.28 Å². The first kappa shape index (κ1) is 26.3. The molecule has 2 aromatic heterocycles. The summed E-state index contributed by atoms with van der Waals surface area (Å²) < 4.78 is 0. The number of nitrogens with zero attached hydrogens (tertiary/aromatic N) is 6. The summed E-state index contributed by atoms with van der Waals surface area (Å²) in [6.07, 6.45) is 19.4. The second kappa shape index (κ2) is 12.0. The summed E-state index contributed by atoms with van der Waals surface area (Å²) in [7, 11) is 1.88. The van der Waals surface area contributed by atoms with Crippen LogP contribution in [-0.4, -0.2) is 52.4 Å². The predicted octanol–water partition coefficient (Wildman–Crippen LogP) is 2.06. The largest absolute Gasteiger partial charge is 0.406 e. The molecule has 9 heteroatoms. The molecule has 33 heavy (non-hydrogen) atoms. The van der Waals surface area contributed by atoms with Gasteiger partial charge in [0.25, 0.3) is 0 Å². The van der Waals surface area contributed by atoms with Gasteiger partial charge >= 0.3 is 0 Å². The van der Waals surface area contributed by atoms with Crippen LogP contribution in [-0.2, 0) is 0 Å². The maximum absolute atomic E-state index is 4.85. The third-order valence-electron chi connectivity index (χ3n) is 8.07. The van der Waals surface area contributed by atoms with Crippen LogP contribution >= 0.6 is 0 Å². The molecular weight excluding hydrogens is 661 g/mol. The molecule has 6 nitrogen and oxygen atoms in total. The molecular formula is C24H30BLa2N6-2. The van der Waals surface area contributed by atoms with E-state index in [1.165, 1.54) is 64.2 Å². The topological polar surface area (TPSA) is 58.0 Å². The predicted molar refractivity (Wildman–Crippen MR) is 122 cm³/mol. The van der Waals surface area contributed by atoms with Crippen LogP contribution in [0.15, 0.2) is 12.1 Å². The van der Waals surface area contributed by atoms with Crippen molar-refractivity contribution in [2.24, 2.45) is 11.8 Å². The zero-order chi connectivity index (χ0) is 20.6. The average molecular weight is 691 g/mol. The number of anilines is 2. The molecule has 2 saturated carbocycles. The Morgan fingerprint density at radius 3 is 1.61 bits per heavy atom. The van der Waals surface area contributed by atoms with Gasteiger partial charge in [0, 0.05) is 108 Å². The van der Waals surface area contributed by atoms with Crippen LogP contribution in [0.25, 0.3) is 0 Å². The van der Waals surface area contributed by atoms with Crippen LogP contribution in [0.5, 0.6) is 0 Å². The Bertz CT molecular complexity index is 860. The van der Waals surface area contributed by atoms with Crippen LogP contribution in [0.1, 0.15) is 64.2 Å². The van der Waals surface area contributed by atoms with Crippen molar-refractivity contribution in [3.63, 3.8) is 0 Å². The first-order valence-electron chi connectivity index (χ1n) is 12.2. The van der Waals surface area contributed by atoms with E-state index in [0.29, 0.717) is 23.5 Å². The molecule has 3 radical (unpaired) electrons. The molecule has 167 valence electrons. The minimum atomic E-state index is 0. The number of aromatic nitrogens is 4. The standard InChI is InChI=1S/C24H30BN6.2La/c1-3-7-19-17(5-1)11-15-30(19)21-9-13-26-23(28-21)25-24-27-14-10-22(29-24)31-16-12-18-6-2-4-8-20(18)31;;/h9-10,17-20H,1-8,11-12,15-16H2;;/q-2;;. The van der Waals surface area contributed by atoms with E-state index in [1.807, 2.05) is 19.4 Å². The molecule has 4 heterocycles. The van der Waals surface area contributed by atoms with Gasteiger partial charge in [0.05, 0.1) is 0 Å². The van der Waals surface area contributed by atoms with Gasteiger partial charge in [0.15, 0.2) is 0 Å². The molecule has 0 bridgehead atoms. The molecule has 4 unspecified atom stereocenters. The fourth-order valence-electron chi connectivity index (χ4n) is 6.58. The summed E-state index contributed by atoms with van der Waals surface area (Å²) in [5, 5.41) is 0. The van der Waals surface area contributed by atoms with E-state index in [1.54, 1.807) is 0 Å². The average Bonchev–Trinajstić information content (AvgIpc) is 3.44. The zero-order valence-corrected chi connectivity index (χ0v) is 26.6. The number of hydrogen-bond donors (Lipinski definition) is 0. The molecule has 4 aliphatic rings. The Hall–Kier alpha value is 0.215. The smallest absolute Gasteiger partial charge is 0.125 e. The van der Waals surface area contributed by atoms with E-state index in [0.717, 1.165) is 36.6 Å². The van der Waals surface area contributed by atoms with Crippen LogP contribution in [0.3, 0.4) is 0 Å². The summed E-state index contributed by atoms with van der Waals surface area (Å²) in [6, 6.07) is 5.14. The normalized spacial score (nSPS) is 28.4. The van der Waals surface area contributed by atoms with Crippen LogP contribution < -0.4 is 21.2 Å². The molecule has 4 fully saturated rings. The van der Waals surface area contributed by atoms with Crippen molar-refractivity contribution in [3.8, 4) is 0 Å². The Morgan fingerprint density at radius 2 is 1.12 bits per heavy atom. The van der Waals surface area contributed by atoms with Gasteiger partial charge < -0.3 is 29.7 Å². The van der Waals surface area contributed by atoms with Gasteiger partial charge in [-0.05, 0) is 61.8 Å². The Labute approximate surface area is 254 Å². The fourth-order valence-corrected chi connectivity index (χ4v) is 6.58. The molecule has 2 aromatic rings. The maximum Gasteiger partial charge on any atom is 0.125 e. The first-order chi connectivity index (χ1) is 15.3. The fraction of sp³-hybridized carbons (Fsp3) is 0.667. The number of hydrogen-bond acceptors (Lipinski definition) is 6. The molecule has 2 saturated heterocycles. The van der Waals surface area contributed by atoms with E-state index in [9.17, 15) is 0 Å². The van der Waals surface area contributed by atoms with Gasteiger partial charge in [-0.1, -0.05) is 38.1 Å². The van der Waals surface area contributed by atoms with E-state index >= 15 is 0 Å². The summed E-state index contributed by atoms with van der Waals surface area (Å²) in [4.78, 5) is 23.4. The van der Waals surface area contributed by atoms with E-state index < -0.39 is 0 Å². The van der Waals surface area contributed by atoms with Crippen molar-refractivity contribution in [1.82, 2.24) is 19.9 Å². The summed E-state index contributed by atoms with van der Waals surface area (Å²) >= 11 is 0. The van der Waals surface area contributed by atoms with E-state index in [2.05, 4.69) is 32.2 Å². The molecule has 0 aromatic carbocycles. The molecule has 0 amide bonds. The van der Waals surface area contributed by atoms with Crippen molar-refractivity contribution in [3.05, 3.63) is 24.5 Å². The molecule has 4 atom stereocenters. The maximum atomic E-state index is 4.85. The van der Waals surface area contributed by atoms with Crippen LogP contribution in [0, 0.1) is 95.4 Å². The van der Waals surface area contributed by atoms with Gasteiger partial charge in [0.2, 0.25) is 0 Å². The number of fused-ring (bicyclic) bond motifs is 2. The van der Waals surface area contributed by atoms with Crippen molar-refractivity contribution >= 4 is 30.4 Å². The molecule has 6 rings (SSSR count). The van der Waals surface area contributed by atoms with Gasteiger partial charge in [-0.15, -0.1) is 12.1 Å². The van der Waals surface area contributed by atoms with Crippen molar-refractivity contribution in [2.75, 3.05) is 22.9 Å². The monoisotopic (exact) mass is 691 g/mol. The van der Waals surface area contributed by atoms with E-state index in [4.69, 9.17) is 9.97 Å². The third kappa shape index (κ3) is 5.64. The third-order valence-corrected chi connectivity index (χ3v) is 8.07. The minimum absolute atomic E-state index is 0. The summed E-state index contributed by atoms with van der Waals surface area (Å²) in [5.41, 5.74) is 1.28. The second-order valence-corrected chi connectivity index (χ2v) is 9.76. The molecule has 0 N–H and O–H groups in total. The first-order valence-corrected chi connectivity index (χ1v) is 12.2. The van der Waals surface area contributed by atoms with Crippen molar-refractivity contribution in [2.45, 2.75) is 76.3 Å². The summed E-state index contributed by atoms with van der Waals surface area (Å²) in [5.74, 6) is 3.66. The Kier molecular flexibility index (Phi) is 9.53. The Morgan fingerprint density at radius 1 is 0.667 bits per heavy atom. The minimum Gasteiger partial charge on any atom is -0.406 e. The number of rotatable bonds is 4. The Balaban J connectivity index is 0.00000130. The second-order valence-electron chi connectivity index (χ2n) is 9.76. The SMILES string of the molecule is [B](c1n[c-]cc(N2CCC3CCCCC32)n1)c1n[c-]cc(N2CCC3CCCCC32)n1.[La].[La]. The van der Waals surface area contributed by atoms with Gasteiger partial charge in [-0.25, -0.2) is 0 Å².